The summed E-state index contributed by atoms with van der Waals surface area (Å²) in [6.07, 6.45) is -2.50. The molecule has 0 heterocycles. The standard InChI is InChI=1S/C8H15F2NO2/c1-8(2,3-4-12)5-11-7(13)6(9)10/h6,12H,3-5H2,1-2H3,(H,11,13). The maximum atomic E-state index is 11.7. The highest BCUT2D eigenvalue weighted by atomic mass is 19.3. The fourth-order valence-corrected chi connectivity index (χ4v) is 0.795. The minimum atomic E-state index is -2.97. The SMILES string of the molecule is CC(C)(CCO)CNC(=O)C(F)F. The minimum Gasteiger partial charge on any atom is -0.396 e. The van der Waals surface area contributed by atoms with E-state index < -0.39 is 12.3 Å². The van der Waals surface area contributed by atoms with Crippen molar-refractivity contribution in [3.8, 4) is 0 Å². The third kappa shape index (κ3) is 5.52. The summed E-state index contributed by atoms with van der Waals surface area (Å²) in [6.45, 7) is 3.71. The van der Waals surface area contributed by atoms with Crippen LogP contribution in [0.2, 0.25) is 0 Å². The Balaban J connectivity index is 3.80. The van der Waals surface area contributed by atoms with Crippen LogP contribution in [0.15, 0.2) is 0 Å². The minimum absolute atomic E-state index is 0.0163. The van der Waals surface area contributed by atoms with Gasteiger partial charge in [0.15, 0.2) is 0 Å². The van der Waals surface area contributed by atoms with Crippen LogP contribution < -0.4 is 5.32 Å². The van der Waals surface area contributed by atoms with Gasteiger partial charge >= 0.3 is 6.43 Å². The molecule has 0 spiro atoms. The Morgan fingerprint density at radius 2 is 2.08 bits per heavy atom. The van der Waals surface area contributed by atoms with Crippen LogP contribution in [0.1, 0.15) is 20.3 Å². The number of rotatable bonds is 5. The molecule has 3 nitrogen and oxygen atoms in total. The number of carbonyl (C=O) groups excluding carboxylic acids is 1. The number of alkyl halides is 2. The van der Waals surface area contributed by atoms with Crippen molar-refractivity contribution in [3.63, 3.8) is 0 Å². The van der Waals surface area contributed by atoms with Gasteiger partial charge in [0.05, 0.1) is 0 Å². The van der Waals surface area contributed by atoms with E-state index in [-0.39, 0.29) is 18.6 Å². The molecule has 0 aliphatic rings. The van der Waals surface area contributed by atoms with Crippen LogP contribution >= 0.6 is 0 Å². The summed E-state index contributed by atoms with van der Waals surface area (Å²) in [5.41, 5.74) is -0.348. The van der Waals surface area contributed by atoms with Crippen LogP contribution in [0.25, 0.3) is 0 Å². The third-order valence-electron chi connectivity index (χ3n) is 1.73. The molecular formula is C8H15F2NO2. The van der Waals surface area contributed by atoms with Gasteiger partial charge in [-0.3, -0.25) is 4.79 Å². The summed E-state index contributed by atoms with van der Waals surface area (Å²) in [5, 5.41) is 10.7. The quantitative estimate of drug-likeness (QED) is 0.681. The molecule has 0 saturated heterocycles. The second-order valence-electron chi connectivity index (χ2n) is 3.66. The zero-order valence-electron chi connectivity index (χ0n) is 7.81. The van der Waals surface area contributed by atoms with E-state index in [4.69, 9.17) is 5.11 Å². The highest BCUT2D eigenvalue weighted by Crippen LogP contribution is 2.17. The summed E-state index contributed by atoms with van der Waals surface area (Å²) in [7, 11) is 0. The first-order chi connectivity index (χ1) is 5.89. The van der Waals surface area contributed by atoms with Gasteiger partial charge in [-0.25, -0.2) is 0 Å². The lowest BCUT2D eigenvalue weighted by Crippen LogP contribution is -2.37. The first kappa shape index (κ1) is 12.3. The fraction of sp³-hybridized carbons (Fsp3) is 0.875. The molecule has 0 radical (unpaired) electrons. The van der Waals surface area contributed by atoms with Crippen LogP contribution in [-0.4, -0.2) is 30.6 Å². The average molecular weight is 195 g/mol. The van der Waals surface area contributed by atoms with Gasteiger partial charge in [-0.15, -0.1) is 0 Å². The number of hydrogen-bond acceptors (Lipinski definition) is 2. The average Bonchev–Trinajstić information content (AvgIpc) is 2.00. The maximum Gasteiger partial charge on any atom is 0.315 e. The van der Waals surface area contributed by atoms with E-state index in [0.29, 0.717) is 6.42 Å². The summed E-state index contributed by atoms with van der Waals surface area (Å²) in [6, 6.07) is 0. The van der Waals surface area contributed by atoms with E-state index in [0.717, 1.165) is 0 Å². The van der Waals surface area contributed by atoms with Crippen molar-refractivity contribution >= 4 is 5.91 Å². The molecule has 78 valence electrons. The Morgan fingerprint density at radius 1 is 1.54 bits per heavy atom. The first-order valence-corrected chi connectivity index (χ1v) is 4.06. The lowest BCUT2D eigenvalue weighted by atomic mass is 9.90. The normalized spacial score (nSPS) is 11.8. The predicted molar refractivity (Wildman–Crippen MR) is 44.5 cm³/mol. The Hall–Kier alpha value is -0.710. The molecule has 0 atom stereocenters. The van der Waals surface area contributed by atoms with Crippen molar-refractivity contribution in [2.75, 3.05) is 13.2 Å². The van der Waals surface area contributed by atoms with E-state index in [1.165, 1.54) is 0 Å². The topological polar surface area (TPSA) is 49.3 Å². The molecule has 0 bridgehead atoms. The lowest BCUT2D eigenvalue weighted by Gasteiger charge is -2.23. The fourth-order valence-electron chi connectivity index (χ4n) is 0.795. The Morgan fingerprint density at radius 3 is 2.46 bits per heavy atom. The highest BCUT2D eigenvalue weighted by Gasteiger charge is 2.21. The Kier molecular flexibility index (Phi) is 4.83. The zero-order chi connectivity index (χ0) is 10.5. The second-order valence-corrected chi connectivity index (χ2v) is 3.66. The molecule has 0 aliphatic carbocycles. The molecular weight excluding hydrogens is 180 g/mol. The Bertz CT molecular complexity index is 172. The third-order valence-corrected chi connectivity index (χ3v) is 1.73. The number of nitrogens with one attached hydrogen (secondary N) is 1. The lowest BCUT2D eigenvalue weighted by molar-refractivity contribution is -0.132. The molecule has 5 heteroatoms. The zero-order valence-corrected chi connectivity index (χ0v) is 7.81. The predicted octanol–water partition coefficient (Wildman–Crippen LogP) is 0.776. The molecule has 0 rings (SSSR count). The summed E-state index contributed by atoms with van der Waals surface area (Å²) in [5.74, 6) is -1.26. The molecule has 1 amide bonds. The van der Waals surface area contributed by atoms with E-state index in [9.17, 15) is 13.6 Å². The van der Waals surface area contributed by atoms with Crippen LogP contribution in [0, 0.1) is 5.41 Å². The van der Waals surface area contributed by atoms with Crippen molar-refractivity contribution in [1.82, 2.24) is 5.32 Å². The van der Waals surface area contributed by atoms with Crippen molar-refractivity contribution in [2.45, 2.75) is 26.7 Å². The summed E-state index contributed by atoms with van der Waals surface area (Å²) < 4.78 is 23.5. The van der Waals surface area contributed by atoms with Crippen molar-refractivity contribution in [3.05, 3.63) is 0 Å². The largest absolute Gasteiger partial charge is 0.396 e. The van der Waals surface area contributed by atoms with Crippen molar-refractivity contribution in [2.24, 2.45) is 5.41 Å². The summed E-state index contributed by atoms with van der Waals surface area (Å²) >= 11 is 0. The molecule has 0 saturated carbocycles. The monoisotopic (exact) mass is 195 g/mol. The van der Waals surface area contributed by atoms with E-state index in [1.54, 1.807) is 13.8 Å². The first-order valence-electron chi connectivity index (χ1n) is 4.06. The second kappa shape index (κ2) is 5.11. The molecule has 0 aliphatic heterocycles. The molecule has 0 fully saturated rings. The highest BCUT2D eigenvalue weighted by molar-refractivity contribution is 5.79. The number of carbonyl (C=O) groups is 1. The number of amides is 1. The van der Waals surface area contributed by atoms with Crippen LogP contribution in [0.3, 0.4) is 0 Å². The number of halogens is 2. The molecule has 0 aromatic rings. The molecule has 0 unspecified atom stereocenters. The van der Waals surface area contributed by atoms with Gasteiger partial charge in [0.2, 0.25) is 0 Å². The molecule has 2 N–H and O–H groups in total. The van der Waals surface area contributed by atoms with Gasteiger partial charge in [0.25, 0.3) is 5.91 Å². The maximum absolute atomic E-state index is 11.7. The summed E-state index contributed by atoms with van der Waals surface area (Å²) in [4.78, 5) is 10.5. The van der Waals surface area contributed by atoms with E-state index in [2.05, 4.69) is 5.32 Å². The molecule has 13 heavy (non-hydrogen) atoms. The number of aliphatic hydroxyl groups is 1. The van der Waals surface area contributed by atoms with E-state index >= 15 is 0 Å². The van der Waals surface area contributed by atoms with Crippen LogP contribution in [0.4, 0.5) is 8.78 Å². The van der Waals surface area contributed by atoms with Gasteiger partial charge in [0, 0.05) is 13.2 Å². The van der Waals surface area contributed by atoms with Crippen LogP contribution in [0.5, 0.6) is 0 Å². The number of hydrogen-bond donors (Lipinski definition) is 2. The van der Waals surface area contributed by atoms with Gasteiger partial charge in [-0.05, 0) is 11.8 Å². The van der Waals surface area contributed by atoms with Gasteiger partial charge in [-0.2, -0.15) is 8.78 Å². The van der Waals surface area contributed by atoms with Crippen LogP contribution in [-0.2, 0) is 4.79 Å². The van der Waals surface area contributed by atoms with Crippen molar-refractivity contribution < 1.29 is 18.7 Å². The van der Waals surface area contributed by atoms with E-state index in [1.807, 2.05) is 0 Å². The van der Waals surface area contributed by atoms with Gasteiger partial charge in [-0.1, -0.05) is 13.8 Å². The molecule has 0 aromatic heterocycles. The van der Waals surface area contributed by atoms with Gasteiger partial charge < -0.3 is 10.4 Å². The van der Waals surface area contributed by atoms with Gasteiger partial charge in [0.1, 0.15) is 0 Å². The molecule has 0 aromatic carbocycles. The number of aliphatic hydroxyl groups excluding tert-OH is 1. The Labute approximate surface area is 76.1 Å². The smallest absolute Gasteiger partial charge is 0.315 e. The van der Waals surface area contributed by atoms with Crippen molar-refractivity contribution in [1.29, 1.82) is 0 Å².